The highest BCUT2D eigenvalue weighted by Crippen LogP contribution is 2.29. The third kappa shape index (κ3) is 3.59. The van der Waals surface area contributed by atoms with Crippen molar-refractivity contribution >= 4 is 34.0 Å². The van der Waals surface area contributed by atoms with Crippen LogP contribution in [-0.4, -0.2) is 23.3 Å². The molecule has 0 unspecified atom stereocenters. The van der Waals surface area contributed by atoms with Gasteiger partial charge in [-0.3, -0.25) is 9.59 Å². The highest BCUT2D eigenvalue weighted by Gasteiger charge is 2.36. The predicted molar refractivity (Wildman–Crippen MR) is 103 cm³/mol. The van der Waals surface area contributed by atoms with Gasteiger partial charge in [0.05, 0.1) is 17.3 Å². The van der Waals surface area contributed by atoms with Crippen LogP contribution >= 0.6 is 11.3 Å². The van der Waals surface area contributed by atoms with E-state index in [0.717, 1.165) is 11.3 Å². The van der Waals surface area contributed by atoms with Gasteiger partial charge in [0, 0.05) is 23.9 Å². The van der Waals surface area contributed by atoms with Crippen LogP contribution in [0.2, 0.25) is 0 Å². The Bertz CT molecular complexity index is 990. The lowest BCUT2D eigenvalue weighted by molar-refractivity contribution is -0.122. The Kier molecular flexibility index (Phi) is 4.68. The van der Waals surface area contributed by atoms with Gasteiger partial charge in [0.15, 0.2) is 5.13 Å². The van der Waals surface area contributed by atoms with Gasteiger partial charge in [-0.25, -0.2) is 9.37 Å². The number of carbonyl (C=O) groups excluding carboxylic acids is 2. The number of hydrogen-bond donors (Lipinski definition) is 1. The lowest BCUT2D eigenvalue weighted by atomic mass is 10.1. The van der Waals surface area contributed by atoms with Crippen LogP contribution in [-0.2, 0) is 9.59 Å². The topological polar surface area (TPSA) is 62.3 Å². The minimum absolute atomic E-state index is 0.0527. The molecule has 0 radical (unpaired) electrons. The van der Waals surface area contributed by atoms with E-state index >= 15 is 0 Å². The molecule has 7 heteroatoms. The molecular weight excluding hydrogens is 365 g/mol. The van der Waals surface area contributed by atoms with Crippen LogP contribution in [0.1, 0.15) is 6.42 Å². The van der Waals surface area contributed by atoms with E-state index in [1.54, 1.807) is 18.2 Å². The fraction of sp³-hybridized carbons (Fsp3) is 0.150. The highest BCUT2D eigenvalue weighted by atomic mass is 32.1. The van der Waals surface area contributed by atoms with Crippen LogP contribution in [0.15, 0.2) is 60.0 Å². The van der Waals surface area contributed by atoms with Crippen molar-refractivity contribution in [3.8, 4) is 11.3 Å². The molecule has 2 heterocycles. The second kappa shape index (κ2) is 7.28. The molecule has 0 aliphatic carbocycles. The Balaban J connectivity index is 1.45. The Hall–Kier alpha value is -3.06. The average molecular weight is 381 g/mol. The molecule has 3 aromatic rings. The molecule has 0 saturated carbocycles. The lowest BCUT2D eigenvalue weighted by Gasteiger charge is -2.17. The van der Waals surface area contributed by atoms with E-state index in [9.17, 15) is 14.0 Å². The Morgan fingerprint density at radius 1 is 1.15 bits per heavy atom. The number of rotatable bonds is 4. The van der Waals surface area contributed by atoms with Crippen molar-refractivity contribution < 1.29 is 14.0 Å². The van der Waals surface area contributed by atoms with E-state index in [1.165, 1.54) is 22.3 Å². The number of thiazole rings is 1. The van der Waals surface area contributed by atoms with Crippen LogP contribution in [0.4, 0.5) is 15.2 Å². The minimum atomic E-state index is -0.541. The molecule has 1 aromatic heterocycles. The van der Waals surface area contributed by atoms with Gasteiger partial charge in [0.2, 0.25) is 11.8 Å². The molecular formula is C20H16FN3O2S. The first-order chi connectivity index (χ1) is 13.1. The van der Waals surface area contributed by atoms with E-state index in [1.807, 2.05) is 35.7 Å². The zero-order valence-electron chi connectivity index (χ0n) is 14.3. The number of hydrogen-bond acceptors (Lipinski definition) is 4. The molecule has 5 nitrogen and oxygen atoms in total. The Labute approximate surface area is 159 Å². The number of amides is 2. The third-order valence-electron chi connectivity index (χ3n) is 4.44. The van der Waals surface area contributed by atoms with Crippen molar-refractivity contribution in [3.63, 3.8) is 0 Å². The van der Waals surface area contributed by atoms with Crippen molar-refractivity contribution in [2.45, 2.75) is 6.42 Å². The van der Waals surface area contributed by atoms with E-state index < -0.39 is 11.7 Å². The Morgan fingerprint density at radius 2 is 1.89 bits per heavy atom. The van der Waals surface area contributed by atoms with Gasteiger partial charge in [-0.2, -0.15) is 0 Å². The number of benzene rings is 2. The van der Waals surface area contributed by atoms with Crippen LogP contribution in [0.5, 0.6) is 0 Å². The summed E-state index contributed by atoms with van der Waals surface area (Å²) in [6.07, 6.45) is 0.0527. The number of carbonyl (C=O) groups is 2. The van der Waals surface area contributed by atoms with Gasteiger partial charge in [-0.1, -0.05) is 42.5 Å². The summed E-state index contributed by atoms with van der Waals surface area (Å²) in [7, 11) is 0. The number of anilines is 2. The second-order valence-corrected chi connectivity index (χ2v) is 7.11. The number of para-hydroxylation sites is 1. The molecule has 0 bridgehead atoms. The fourth-order valence-corrected chi connectivity index (χ4v) is 3.79. The standard InChI is InChI=1S/C20H16FN3O2S/c21-15-8-4-5-9-17(15)24-11-14(10-18(24)25)19(26)23-20-22-16(12-27-20)13-6-2-1-3-7-13/h1-9,12,14H,10-11H2,(H,22,23,26)/t14-/m1/s1. The maximum Gasteiger partial charge on any atom is 0.231 e. The molecule has 27 heavy (non-hydrogen) atoms. The summed E-state index contributed by atoms with van der Waals surface area (Å²) < 4.78 is 14.0. The predicted octanol–water partition coefficient (Wildman–Crippen LogP) is 3.94. The normalized spacial score (nSPS) is 16.6. The molecule has 1 atom stereocenters. The van der Waals surface area contributed by atoms with Gasteiger partial charge in [0.1, 0.15) is 5.82 Å². The first-order valence-electron chi connectivity index (χ1n) is 8.48. The quantitative estimate of drug-likeness (QED) is 0.745. The second-order valence-electron chi connectivity index (χ2n) is 6.25. The molecule has 4 rings (SSSR count). The first kappa shape index (κ1) is 17.4. The molecule has 1 aliphatic rings. The van der Waals surface area contributed by atoms with Crippen molar-refractivity contribution in [2.75, 3.05) is 16.8 Å². The molecule has 136 valence electrons. The van der Waals surface area contributed by atoms with Gasteiger partial charge in [-0.05, 0) is 12.1 Å². The molecule has 1 aliphatic heterocycles. The fourth-order valence-electron chi connectivity index (χ4n) is 3.07. The van der Waals surface area contributed by atoms with Crippen molar-refractivity contribution in [3.05, 3.63) is 65.8 Å². The smallest absolute Gasteiger partial charge is 0.231 e. The summed E-state index contributed by atoms with van der Waals surface area (Å²) in [6.45, 7) is 0.155. The van der Waals surface area contributed by atoms with Crippen LogP contribution in [0, 0.1) is 11.7 Å². The third-order valence-corrected chi connectivity index (χ3v) is 5.20. The summed E-state index contributed by atoms with van der Waals surface area (Å²) in [4.78, 5) is 30.6. The van der Waals surface area contributed by atoms with Gasteiger partial charge < -0.3 is 10.2 Å². The largest absolute Gasteiger partial charge is 0.309 e. The maximum atomic E-state index is 14.0. The molecule has 2 amide bonds. The monoisotopic (exact) mass is 381 g/mol. The Morgan fingerprint density at radius 3 is 2.67 bits per heavy atom. The van der Waals surface area contributed by atoms with E-state index in [4.69, 9.17) is 0 Å². The zero-order valence-corrected chi connectivity index (χ0v) is 15.1. The van der Waals surface area contributed by atoms with E-state index in [-0.39, 0.29) is 30.5 Å². The molecule has 2 aromatic carbocycles. The molecule has 0 spiro atoms. The van der Waals surface area contributed by atoms with Crippen molar-refractivity contribution in [1.82, 2.24) is 4.98 Å². The molecule has 1 saturated heterocycles. The summed E-state index contributed by atoms with van der Waals surface area (Å²) in [5.74, 6) is -1.55. The van der Waals surface area contributed by atoms with Gasteiger partial charge >= 0.3 is 0 Å². The summed E-state index contributed by atoms with van der Waals surface area (Å²) in [6, 6.07) is 15.7. The van der Waals surface area contributed by atoms with Crippen molar-refractivity contribution in [2.24, 2.45) is 5.92 Å². The van der Waals surface area contributed by atoms with Gasteiger partial charge in [-0.15, -0.1) is 11.3 Å². The van der Waals surface area contributed by atoms with Gasteiger partial charge in [0.25, 0.3) is 0 Å². The van der Waals surface area contributed by atoms with E-state index in [2.05, 4.69) is 10.3 Å². The van der Waals surface area contributed by atoms with Crippen LogP contribution in [0.3, 0.4) is 0 Å². The van der Waals surface area contributed by atoms with Crippen LogP contribution < -0.4 is 10.2 Å². The summed E-state index contributed by atoms with van der Waals surface area (Å²) >= 11 is 1.33. The lowest BCUT2D eigenvalue weighted by Crippen LogP contribution is -2.28. The molecule has 1 fully saturated rings. The van der Waals surface area contributed by atoms with E-state index in [0.29, 0.717) is 5.13 Å². The van der Waals surface area contributed by atoms with Crippen LogP contribution in [0.25, 0.3) is 11.3 Å². The summed E-state index contributed by atoms with van der Waals surface area (Å²) in [5.41, 5.74) is 1.96. The highest BCUT2D eigenvalue weighted by molar-refractivity contribution is 7.14. The number of halogens is 1. The number of nitrogens with zero attached hydrogens (tertiary/aromatic N) is 2. The molecule has 1 N–H and O–H groups in total. The minimum Gasteiger partial charge on any atom is -0.309 e. The van der Waals surface area contributed by atoms with Crippen molar-refractivity contribution in [1.29, 1.82) is 0 Å². The maximum absolute atomic E-state index is 14.0. The summed E-state index contributed by atoms with van der Waals surface area (Å²) in [5, 5.41) is 5.13. The zero-order chi connectivity index (χ0) is 18.8. The first-order valence-corrected chi connectivity index (χ1v) is 9.36. The average Bonchev–Trinajstić information content (AvgIpc) is 3.30. The SMILES string of the molecule is O=C(Nc1nc(-c2ccccc2)cs1)[C@@H]1CC(=O)N(c2ccccc2F)C1. The number of aromatic nitrogens is 1. The number of nitrogens with one attached hydrogen (secondary N) is 1.